The predicted octanol–water partition coefficient (Wildman–Crippen LogP) is 2.85. The molecule has 2 rings (SSSR count). The summed E-state index contributed by atoms with van der Waals surface area (Å²) in [5.74, 6) is 0.328. The van der Waals surface area contributed by atoms with Gasteiger partial charge in [0.2, 0.25) is 15.9 Å². The summed E-state index contributed by atoms with van der Waals surface area (Å²) in [6.07, 6.45) is 0. The van der Waals surface area contributed by atoms with Crippen molar-refractivity contribution < 1.29 is 17.9 Å². The van der Waals surface area contributed by atoms with E-state index in [0.29, 0.717) is 5.02 Å². The maximum atomic E-state index is 12.5. The minimum Gasteiger partial charge on any atom is -0.497 e. The van der Waals surface area contributed by atoms with Crippen molar-refractivity contribution in [3.8, 4) is 5.75 Å². The van der Waals surface area contributed by atoms with Gasteiger partial charge < -0.3 is 10.1 Å². The van der Waals surface area contributed by atoms with Crippen LogP contribution in [0.1, 0.15) is 18.5 Å². The Morgan fingerprint density at radius 3 is 2.27 bits per heavy atom. The van der Waals surface area contributed by atoms with E-state index in [9.17, 15) is 13.2 Å². The molecule has 26 heavy (non-hydrogen) atoms. The summed E-state index contributed by atoms with van der Waals surface area (Å²) in [5.41, 5.74) is 0.891. The summed E-state index contributed by atoms with van der Waals surface area (Å²) >= 11 is 5.78. The molecule has 2 aromatic rings. The number of methoxy groups -OCH3 is 1. The summed E-state index contributed by atoms with van der Waals surface area (Å²) in [6.45, 7) is 1.54. The van der Waals surface area contributed by atoms with Gasteiger partial charge in [-0.3, -0.25) is 4.79 Å². The van der Waals surface area contributed by atoms with Gasteiger partial charge in [-0.2, -0.15) is 4.31 Å². The number of carbonyl (C=O) groups excluding carboxylic acids is 1. The number of hydrogen-bond donors (Lipinski definition) is 1. The average molecular weight is 397 g/mol. The van der Waals surface area contributed by atoms with Gasteiger partial charge in [0, 0.05) is 12.1 Å². The first-order valence-corrected chi connectivity index (χ1v) is 9.71. The summed E-state index contributed by atoms with van der Waals surface area (Å²) in [6, 6.07) is 12.8. The van der Waals surface area contributed by atoms with Crippen LogP contribution >= 0.6 is 11.6 Å². The lowest BCUT2D eigenvalue weighted by molar-refractivity contribution is -0.121. The molecular weight excluding hydrogens is 376 g/mol. The molecule has 0 unspecified atom stereocenters. The molecule has 0 bridgehead atoms. The Bertz CT molecular complexity index is 852. The lowest BCUT2D eigenvalue weighted by atomic mass is 10.1. The normalized spacial score (nSPS) is 12.7. The molecule has 0 heterocycles. The third-order valence-corrected chi connectivity index (χ3v) is 5.95. The minimum absolute atomic E-state index is 0.0837. The molecule has 0 spiro atoms. The molecule has 1 N–H and O–H groups in total. The number of hydrogen-bond acceptors (Lipinski definition) is 4. The molecule has 0 aliphatic carbocycles. The van der Waals surface area contributed by atoms with E-state index in [1.807, 2.05) is 19.1 Å². The number of ether oxygens (including phenoxy) is 1. The van der Waals surface area contributed by atoms with Crippen LogP contribution in [0, 0.1) is 0 Å². The van der Waals surface area contributed by atoms with Crippen molar-refractivity contribution in [1.82, 2.24) is 9.62 Å². The summed E-state index contributed by atoms with van der Waals surface area (Å²) in [5, 5.41) is 3.23. The lowest BCUT2D eigenvalue weighted by Gasteiger charge is -2.19. The molecule has 0 saturated carbocycles. The number of carbonyl (C=O) groups is 1. The predicted molar refractivity (Wildman–Crippen MR) is 101 cm³/mol. The standard InChI is InChI=1S/C18H21ClN2O4S/c1-13(14-4-8-16(25-3)9-5-14)20-18(22)12-21(2)26(23,24)17-10-6-15(19)7-11-17/h4-11,13H,12H2,1-3H3,(H,20,22)/t13-/m0/s1. The molecular formula is C18H21ClN2O4S. The molecule has 0 aliphatic heterocycles. The highest BCUT2D eigenvalue weighted by Gasteiger charge is 2.23. The van der Waals surface area contributed by atoms with Gasteiger partial charge >= 0.3 is 0 Å². The molecule has 0 radical (unpaired) electrons. The first kappa shape index (κ1) is 20.2. The van der Waals surface area contributed by atoms with Crippen LogP contribution < -0.4 is 10.1 Å². The van der Waals surface area contributed by atoms with Gasteiger partial charge in [0.25, 0.3) is 0 Å². The van der Waals surface area contributed by atoms with Crippen molar-refractivity contribution in [2.24, 2.45) is 0 Å². The zero-order valence-corrected chi connectivity index (χ0v) is 16.3. The molecule has 1 amide bonds. The van der Waals surface area contributed by atoms with Crippen LogP contribution in [0.4, 0.5) is 0 Å². The number of sulfonamides is 1. The molecule has 6 nitrogen and oxygen atoms in total. The first-order valence-electron chi connectivity index (χ1n) is 7.89. The Labute approximate surface area is 158 Å². The van der Waals surface area contributed by atoms with Crippen LogP contribution in [0.3, 0.4) is 0 Å². The van der Waals surface area contributed by atoms with Crippen molar-refractivity contribution in [3.63, 3.8) is 0 Å². The Kier molecular flexibility index (Phi) is 6.63. The molecule has 0 aliphatic rings. The molecule has 8 heteroatoms. The van der Waals surface area contributed by atoms with E-state index >= 15 is 0 Å². The molecule has 0 saturated heterocycles. The van der Waals surface area contributed by atoms with E-state index in [0.717, 1.165) is 15.6 Å². The molecule has 140 valence electrons. The van der Waals surface area contributed by atoms with Crippen LogP contribution in [0.5, 0.6) is 5.75 Å². The fourth-order valence-corrected chi connectivity index (χ4v) is 3.59. The largest absolute Gasteiger partial charge is 0.497 e. The monoisotopic (exact) mass is 396 g/mol. The second-order valence-corrected chi connectivity index (χ2v) is 8.26. The van der Waals surface area contributed by atoms with E-state index in [2.05, 4.69) is 5.32 Å². The second kappa shape index (κ2) is 8.53. The maximum absolute atomic E-state index is 12.5. The van der Waals surface area contributed by atoms with Gasteiger partial charge in [-0.1, -0.05) is 23.7 Å². The molecule has 1 atom stereocenters. The van der Waals surface area contributed by atoms with Crippen LogP contribution in [0.25, 0.3) is 0 Å². The van der Waals surface area contributed by atoms with Gasteiger partial charge in [0.15, 0.2) is 0 Å². The molecule has 0 fully saturated rings. The molecule has 0 aromatic heterocycles. The number of halogens is 1. The minimum atomic E-state index is -3.76. The van der Waals surface area contributed by atoms with Crippen molar-refractivity contribution in [2.45, 2.75) is 17.9 Å². The number of likely N-dealkylation sites (N-methyl/N-ethyl adjacent to an activating group) is 1. The number of benzene rings is 2. The van der Waals surface area contributed by atoms with Crippen molar-refractivity contribution in [3.05, 3.63) is 59.1 Å². The quantitative estimate of drug-likeness (QED) is 0.780. The van der Waals surface area contributed by atoms with Crippen LogP contribution in [-0.2, 0) is 14.8 Å². The van der Waals surface area contributed by atoms with Crippen molar-refractivity contribution in [1.29, 1.82) is 0 Å². The molecule has 2 aromatic carbocycles. The Morgan fingerprint density at radius 2 is 1.73 bits per heavy atom. The van der Waals surface area contributed by atoms with E-state index in [-0.39, 0.29) is 17.5 Å². The Hall–Kier alpha value is -2.09. The Balaban J connectivity index is 2.00. The zero-order valence-electron chi connectivity index (χ0n) is 14.8. The number of nitrogens with zero attached hydrogens (tertiary/aromatic N) is 1. The SMILES string of the molecule is COc1ccc([C@H](C)NC(=O)CN(C)S(=O)(=O)c2ccc(Cl)cc2)cc1. The first-order chi connectivity index (χ1) is 12.2. The smallest absolute Gasteiger partial charge is 0.243 e. The topological polar surface area (TPSA) is 75.7 Å². The highest BCUT2D eigenvalue weighted by atomic mass is 35.5. The van der Waals surface area contributed by atoms with E-state index < -0.39 is 15.9 Å². The van der Waals surface area contributed by atoms with Gasteiger partial charge in [-0.15, -0.1) is 0 Å². The summed E-state index contributed by atoms with van der Waals surface area (Å²) in [7, 11) is -0.820. The van der Waals surface area contributed by atoms with E-state index in [4.69, 9.17) is 16.3 Å². The highest BCUT2D eigenvalue weighted by Crippen LogP contribution is 2.19. The number of amides is 1. The highest BCUT2D eigenvalue weighted by molar-refractivity contribution is 7.89. The van der Waals surface area contributed by atoms with Crippen LogP contribution in [-0.4, -0.2) is 39.3 Å². The van der Waals surface area contributed by atoms with Gasteiger partial charge in [-0.05, 0) is 48.9 Å². The van der Waals surface area contributed by atoms with E-state index in [1.165, 1.54) is 31.3 Å². The van der Waals surface area contributed by atoms with Gasteiger partial charge in [-0.25, -0.2) is 8.42 Å². The van der Waals surface area contributed by atoms with Crippen molar-refractivity contribution in [2.75, 3.05) is 20.7 Å². The third kappa shape index (κ3) is 4.97. The fourth-order valence-electron chi connectivity index (χ4n) is 2.34. The third-order valence-electron chi connectivity index (χ3n) is 3.88. The second-order valence-electron chi connectivity index (χ2n) is 5.78. The van der Waals surface area contributed by atoms with Gasteiger partial charge in [0.05, 0.1) is 24.6 Å². The van der Waals surface area contributed by atoms with Crippen LogP contribution in [0.2, 0.25) is 5.02 Å². The maximum Gasteiger partial charge on any atom is 0.243 e. The van der Waals surface area contributed by atoms with Gasteiger partial charge in [0.1, 0.15) is 5.75 Å². The van der Waals surface area contributed by atoms with Crippen LogP contribution in [0.15, 0.2) is 53.4 Å². The lowest BCUT2D eigenvalue weighted by Crippen LogP contribution is -2.39. The Morgan fingerprint density at radius 1 is 1.15 bits per heavy atom. The number of rotatable bonds is 7. The average Bonchev–Trinajstić information content (AvgIpc) is 2.61. The summed E-state index contributed by atoms with van der Waals surface area (Å²) < 4.78 is 31.1. The van der Waals surface area contributed by atoms with Crippen molar-refractivity contribution >= 4 is 27.5 Å². The summed E-state index contributed by atoms with van der Waals surface area (Å²) in [4.78, 5) is 12.3. The van der Waals surface area contributed by atoms with E-state index in [1.54, 1.807) is 19.2 Å². The zero-order chi connectivity index (χ0) is 19.3. The fraction of sp³-hybridized carbons (Fsp3) is 0.278. The number of nitrogens with one attached hydrogen (secondary N) is 1.